The molecule has 1 saturated heterocycles. The van der Waals surface area contributed by atoms with Crippen molar-refractivity contribution >= 4 is 5.57 Å². The van der Waals surface area contributed by atoms with Crippen molar-refractivity contribution in [3.63, 3.8) is 0 Å². The molecule has 1 aliphatic rings. The van der Waals surface area contributed by atoms with E-state index in [2.05, 4.69) is 34.9 Å². The van der Waals surface area contributed by atoms with Crippen molar-refractivity contribution in [2.45, 2.75) is 19.6 Å². The SMILES string of the molecule is C/C(=C\CN1CCN(Cc2ccc(C(F)(F)F)cc2)CC1)c1ccccc1. The highest BCUT2D eigenvalue weighted by atomic mass is 19.4. The number of nitrogens with zero attached hydrogens (tertiary/aromatic N) is 2. The molecule has 0 aromatic heterocycles. The van der Waals surface area contributed by atoms with Crippen LogP contribution >= 0.6 is 0 Å². The van der Waals surface area contributed by atoms with Gasteiger partial charge in [-0.15, -0.1) is 0 Å². The van der Waals surface area contributed by atoms with Crippen LogP contribution in [0.5, 0.6) is 0 Å². The van der Waals surface area contributed by atoms with Crippen molar-refractivity contribution in [1.82, 2.24) is 9.80 Å². The van der Waals surface area contributed by atoms with Gasteiger partial charge in [-0.05, 0) is 35.8 Å². The molecule has 27 heavy (non-hydrogen) atoms. The number of hydrogen-bond donors (Lipinski definition) is 0. The second-order valence-electron chi connectivity index (χ2n) is 7.02. The molecule has 0 spiro atoms. The van der Waals surface area contributed by atoms with E-state index in [0.717, 1.165) is 38.3 Å². The molecule has 5 heteroatoms. The number of piperazine rings is 1. The van der Waals surface area contributed by atoms with E-state index in [-0.39, 0.29) is 0 Å². The van der Waals surface area contributed by atoms with E-state index in [0.29, 0.717) is 6.54 Å². The van der Waals surface area contributed by atoms with Crippen LogP contribution in [-0.4, -0.2) is 42.5 Å². The largest absolute Gasteiger partial charge is 0.416 e. The summed E-state index contributed by atoms with van der Waals surface area (Å²) >= 11 is 0. The molecule has 1 heterocycles. The normalized spacial score (nSPS) is 17.3. The van der Waals surface area contributed by atoms with Crippen molar-refractivity contribution in [1.29, 1.82) is 0 Å². The Morgan fingerprint density at radius 1 is 0.889 bits per heavy atom. The van der Waals surface area contributed by atoms with Gasteiger partial charge in [0.1, 0.15) is 0 Å². The summed E-state index contributed by atoms with van der Waals surface area (Å²) < 4.78 is 37.9. The zero-order valence-corrected chi connectivity index (χ0v) is 15.5. The first kappa shape index (κ1) is 19.6. The van der Waals surface area contributed by atoms with Gasteiger partial charge in [0, 0.05) is 39.3 Å². The number of halogens is 3. The van der Waals surface area contributed by atoms with Gasteiger partial charge in [-0.2, -0.15) is 13.2 Å². The molecule has 2 aromatic carbocycles. The lowest BCUT2D eigenvalue weighted by Crippen LogP contribution is -2.45. The fraction of sp³-hybridized carbons (Fsp3) is 0.364. The lowest BCUT2D eigenvalue weighted by atomic mass is 10.1. The highest BCUT2D eigenvalue weighted by Gasteiger charge is 2.30. The predicted molar refractivity (Wildman–Crippen MR) is 103 cm³/mol. The minimum absolute atomic E-state index is 0.586. The Morgan fingerprint density at radius 2 is 1.48 bits per heavy atom. The van der Waals surface area contributed by atoms with Crippen LogP contribution in [0.2, 0.25) is 0 Å². The quantitative estimate of drug-likeness (QED) is 0.732. The monoisotopic (exact) mass is 374 g/mol. The van der Waals surface area contributed by atoms with E-state index in [4.69, 9.17) is 0 Å². The molecule has 1 fully saturated rings. The average Bonchev–Trinajstić information content (AvgIpc) is 2.67. The number of allylic oxidation sites excluding steroid dienone is 1. The molecule has 0 unspecified atom stereocenters. The van der Waals surface area contributed by atoms with E-state index in [1.54, 1.807) is 12.1 Å². The van der Waals surface area contributed by atoms with Crippen LogP contribution in [0.4, 0.5) is 13.2 Å². The van der Waals surface area contributed by atoms with Gasteiger partial charge in [0.05, 0.1) is 5.56 Å². The van der Waals surface area contributed by atoms with E-state index >= 15 is 0 Å². The summed E-state index contributed by atoms with van der Waals surface area (Å²) in [5.74, 6) is 0. The summed E-state index contributed by atoms with van der Waals surface area (Å²) in [4.78, 5) is 4.71. The summed E-state index contributed by atoms with van der Waals surface area (Å²) in [5.41, 5.74) is 2.87. The number of benzene rings is 2. The van der Waals surface area contributed by atoms with Gasteiger partial charge in [0.2, 0.25) is 0 Å². The van der Waals surface area contributed by atoms with Crippen LogP contribution in [0.15, 0.2) is 60.7 Å². The molecular formula is C22H25F3N2. The third-order valence-corrected chi connectivity index (χ3v) is 5.04. The topological polar surface area (TPSA) is 6.48 Å². The standard InChI is InChI=1S/C22H25F3N2/c1-18(20-5-3-2-4-6-20)11-12-26-13-15-27(16-14-26)17-19-7-9-21(10-8-19)22(23,24)25/h2-11H,12-17H2,1H3/b18-11+. The van der Waals surface area contributed by atoms with Crippen molar-refractivity contribution in [3.05, 3.63) is 77.4 Å². The van der Waals surface area contributed by atoms with Crippen LogP contribution in [0, 0.1) is 0 Å². The van der Waals surface area contributed by atoms with Gasteiger partial charge in [-0.25, -0.2) is 0 Å². The summed E-state index contributed by atoms with van der Waals surface area (Å²) in [5, 5.41) is 0. The lowest BCUT2D eigenvalue weighted by molar-refractivity contribution is -0.137. The first-order valence-electron chi connectivity index (χ1n) is 9.25. The van der Waals surface area contributed by atoms with E-state index < -0.39 is 11.7 Å². The Hall–Kier alpha value is -2.11. The molecule has 0 atom stereocenters. The Kier molecular flexibility index (Phi) is 6.34. The molecule has 2 nitrogen and oxygen atoms in total. The molecule has 0 saturated carbocycles. The van der Waals surface area contributed by atoms with Crippen molar-refractivity contribution < 1.29 is 13.2 Å². The second-order valence-corrected chi connectivity index (χ2v) is 7.02. The van der Waals surface area contributed by atoms with Gasteiger partial charge in [0.25, 0.3) is 0 Å². The number of alkyl halides is 3. The molecular weight excluding hydrogens is 349 g/mol. The zero-order chi connectivity index (χ0) is 19.3. The van der Waals surface area contributed by atoms with E-state index in [9.17, 15) is 13.2 Å². The first-order chi connectivity index (χ1) is 12.9. The molecule has 0 aliphatic carbocycles. The van der Waals surface area contributed by atoms with Crippen molar-refractivity contribution in [3.8, 4) is 0 Å². The smallest absolute Gasteiger partial charge is 0.297 e. The molecule has 2 aromatic rings. The maximum Gasteiger partial charge on any atom is 0.416 e. The van der Waals surface area contributed by atoms with Crippen molar-refractivity contribution in [2.24, 2.45) is 0 Å². The van der Waals surface area contributed by atoms with Gasteiger partial charge >= 0.3 is 6.18 Å². The fourth-order valence-corrected chi connectivity index (χ4v) is 3.27. The summed E-state index contributed by atoms with van der Waals surface area (Å²) in [6, 6.07) is 15.9. The number of rotatable bonds is 5. The van der Waals surface area contributed by atoms with Gasteiger partial charge in [-0.1, -0.05) is 48.5 Å². The maximum absolute atomic E-state index is 12.6. The Labute approximate surface area is 158 Å². The molecule has 0 bridgehead atoms. The van der Waals surface area contributed by atoms with Crippen molar-refractivity contribution in [2.75, 3.05) is 32.7 Å². The fourth-order valence-electron chi connectivity index (χ4n) is 3.27. The van der Waals surface area contributed by atoms with E-state index in [1.807, 2.05) is 18.2 Å². The molecule has 0 N–H and O–H groups in total. The highest BCUT2D eigenvalue weighted by Crippen LogP contribution is 2.29. The third-order valence-electron chi connectivity index (χ3n) is 5.04. The maximum atomic E-state index is 12.6. The zero-order valence-electron chi connectivity index (χ0n) is 15.5. The molecule has 1 aliphatic heterocycles. The van der Waals surface area contributed by atoms with Crippen LogP contribution in [0.3, 0.4) is 0 Å². The molecule has 144 valence electrons. The van der Waals surface area contributed by atoms with Crippen LogP contribution in [0.1, 0.15) is 23.6 Å². The third kappa shape index (κ3) is 5.68. The summed E-state index contributed by atoms with van der Waals surface area (Å²) in [7, 11) is 0. The first-order valence-corrected chi connectivity index (χ1v) is 9.25. The van der Waals surface area contributed by atoms with Crippen LogP contribution in [-0.2, 0) is 12.7 Å². The minimum Gasteiger partial charge on any atom is -0.297 e. The van der Waals surface area contributed by atoms with E-state index in [1.165, 1.54) is 23.3 Å². The molecule has 0 amide bonds. The minimum atomic E-state index is -4.27. The Balaban J connectivity index is 1.46. The predicted octanol–water partition coefficient (Wildman–Crippen LogP) is 4.93. The van der Waals surface area contributed by atoms with Gasteiger partial charge < -0.3 is 0 Å². The van der Waals surface area contributed by atoms with Gasteiger partial charge in [0.15, 0.2) is 0 Å². The summed E-state index contributed by atoms with van der Waals surface area (Å²) in [6.07, 6.45) is -2.00. The Morgan fingerprint density at radius 3 is 2.07 bits per heavy atom. The van der Waals surface area contributed by atoms with Crippen LogP contribution in [0.25, 0.3) is 5.57 Å². The van der Waals surface area contributed by atoms with Crippen LogP contribution < -0.4 is 0 Å². The lowest BCUT2D eigenvalue weighted by Gasteiger charge is -2.34. The highest BCUT2D eigenvalue weighted by molar-refractivity contribution is 5.63. The molecule has 3 rings (SSSR count). The second kappa shape index (κ2) is 8.72. The molecule has 0 radical (unpaired) electrons. The Bertz CT molecular complexity index is 743. The number of hydrogen-bond acceptors (Lipinski definition) is 2. The average molecular weight is 374 g/mol. The summed E-state index contributed by atoms with van der Waals surface area (Å²) in [6.45, 7) is 7.56. The van der Waals surface area contributed by atoms with Gasteiger partial charge in [-0.3, -0.25) is 9.80 Å².